The van der Waals surface area contributed by atoms with Crippen molar-refractivity contribution in [3.8, 4) is 0 Å². The molecule has 12 heavy (non-hydrogen) atoms. The van der Waals surface area contributed by atoms with Gasteiger partial charge in [0.1, 0.15) is 0 Å². The maximum atomic E-state index is 4.40. The SMILES string of the molecule is CN1Cc2ccnn2C2(CC2)C1. The number of hydrogen-bond donors (Lipinski definition) is 0. The van der Waals surface area contributed by atoms with Crippen molar-refractivity contribution < 1.29 is 0 Å². The Morgan fingerprint density at radius 3 is 3.08 bits per heavy atom. The van der Waals surface area contributed by atoms with Gasteiger partial charge < -0.3 is 0 Å². The third kappa shape index (κ3) is 0.719. The maximum Gasteiger partial charge on any atom is 0.0759 e. The zero-order valence-electron chi connectivity index (χ0n) is 7.32. The molecule has 1 spiro atoms. The van der Waals surface area contributed by atoms with E-state index >= 15 is 0 Å². The molecule has 1 fully saturated rings. The zero-order chi connectivity index (χ0) is 8.18. The van der Waals surface area contributed by atoms with Crippen LogP contribution in [0.3, 0.4) is 0 Å². The summed E-state index contributed by atoms with van der Waals surface area (Å²) < 4.78 is 2.24. The Kier molecular flexibility index (Phi) is 1.06. The number of likely N-dealkylation sites (N-methyl/N-ethyl adjacent to an activating group) is 1. The summed E-state index contributed by atoms with van der Waals surface area (Å²) in [6.45, 7) is 2.24. The van der Waals surface area contributed by atoms with Crippen LogP contribution in [0.5, 0.6) is 0 Å². The van der Waals surface area contributed by atoms with Crippen LogP contribution in [0.4, 0.5) is 0 Å². The van der Waals surface area contributed by atoms with Gasteiger partial charge in [0.15, 0.2) is 0 Å². The molecule has 1 aliphatic carbocycles. The highest BCUT2D eigenvalue weighted by atomic mass is 15.4. The third-order valence-electron chi connectivity index (χ3n) is 2.99. The van der Waals surface area contributed by atoms with Gasteiger partial charge in [-0.15, -0.1) is 0 Å². The first-order valence-electron chi connectivity index (χ1n) is 4.52. The molecule has 0 bridgehead atoms. The molecule has 3 nitrogen and oxygen atoms in total. The maximum absolute atomic E-state index is 4.40. The quantitative estimate of drug-likeness (QED) is 0.564. The van der Waals surface area contributed by atoms with Crippen molar-refractivity contribution in [2.75, 3.05) is 13.6 Å². The van der Waals surface area contributed by atoms with Crippen molar-refractivity contribution in [1.82, 2.24) is 14.7 Å². The third-order valence-corrected chi connectivity index (χ3v) is 2.99. The summed E-state index contributed by atoms with van der Waals surface area (Å²) in [7, 11) is 2.19. The van der Waals surface area contributed by atoms with Crippen molar-refractivity contribution in [3.63, 3.8) is 0 Å². The first-order chi connectivity index (χ1) is 5.80. The summed E-state index contributed by atoms with van der Waals surface area (Å²) in [6.07, 6.45) is 4.55. The molecule has 0 unspecified atom stereocenters. The summed E-state index contributed by atoms with van der Waals surface area (Å²) in [5.74, 6) is 0. The molecule has 1 saturated carbocycles. The van der Waals surface area contributed by atoms with Gasteiger partial charge in [0.25, 0.3) is 0 Å². The smallest absolute Gasteiger partial charge is 0.0759 e. The van der Waals surface area contributed by atoms with Crippen LogP contribution in [0.15, 0.2) is 12.3 Å². The molecule has 2 aliphatic rings. The lowest BCUT2D eigenvalue weighted by Crippen LogP contribution is -2.40. The van der Waals surface area contributed by atoms with Crippen molar-refractivity contribution >= 4 is 0 Å². The van der Waals surface area contributed by atoms with E-state index in [9.17, 15) is 0 Å². The minimum Gasteiger partial charge on any atom is -0.298 e. The van der Waals surface area contributed by atoms with E-state index in [2.05, 4.69) is 27.8 Å². The van der Waals surface area contributed by atoms with Crippen LogP contribution in [0.2, 0.25) is 0 Å². The normalized spacial score (nSPS) is 25.8. The van der Waals surface area contributed by atoms with Crippen molar-refractivity contribution in [2.24, 2.45) is 0 Å². The van der Waals surface area contributed by atoms with E-state index in [0.29, 0.717) is 5.54 Å². The fourth-order valence-corrected chi connectivity index (χ4v) is 2.29. The molecule has 0 amide bonds. The Balaban J connectivity index is 2.11. The molecule has 1 aromatic rings. The Bertz CT molecular complexity index is 311. The molecular formula is C9H13N3. The molecule has 0 N–H and O–H groups in total. The van der Waals surface area contributed by atoms with Gasteiger partial charge in [0, 0.05) is 19.3 Å². The topological polar surface area (TPSA) is 21.1 Å². The van der Waals surface area contributed by atoms with Crippen molar-refractivity contribution in [2.45, 2.75) is 24.9 Å². The van der Waals surface area contributed by atoms with Gasteiger partial charge in [-0.05, 0) is 26.0 Å². The van der Waals surface area contributed by atoms with E-state index in [-0.39, 0.29) is 0 Å². The van der Waals surface area contributed by atoms with E-state index in [1.165, 1.54) is 25.1 Å². The summed E-state index contributed by atoms with van der Waals surface area (Å²) in [5.41, 5.74) is 1.77. The van der Waals surface area contributed by atoms with Gasteiger partial charge in [0.2, 0.25) is 0 Å². The second-order valence-electron chi connectivity index (χ2n) is 4.13. The molecule has 0 saturated heterocycles. The minimum absolute atomic E-state index is 0.395. The van der Waals surface area contributed by atoms with E-state index < -0.39 is 0 Å². The van der Waals surface area contributed by atoms with Crippen molar-refractivity contribution in [3.05, 3.63) is 18.0 Å². The largest absolute Gasteiger partial charge is 0.298 e. The second kappa shape index (κ2) is 1.91. The van der Waals surface area contributed by atoms with E-state index in [4.69, 9.17) is 0 Å². The Morgan fingerprint density at radius 1 is 1.50 bits per heavy atom. The molecule has 1 aliphatic heterocycles. The number of fused-ring (bicyclic) bond motifs is 2. The zero-order valence-corrected chi connectivity index (χ0v) is 7.32. The van der Waals surface area contributed by atoms with Crippen LogP contribution < -0.4 is 0 Å². The highest BCUT2D eigenvalue weighted by Gasteiger charge is 2.49. The molecule has 0 aromatic carbocycles. The number of hydrogen-bond acceptors (Lipinski definition) is 2. The average molecular weight is 163 g/mol. The fourth-order valence-electron chi connectivity index (χ4n) is 2.29. The van der Waals surface area contributed by atoms with Crippen LogP contribution >= 0.6 is 0 Å². The van der Waals surface area contributed by atoms with Crippen LogP contribution in [0.25, 0.3) is 0 Å². The second-order valence-corrected chi connectivity index (χ2v) is 4.13. The molecule has 3 heteroatoms. The predicted octanol–water partition coefficient (Wildman–Crippen LogP) is 0.818. The van der Waals surface area contributed by atoms with Gasteiger partial charge in [-0.25, -0.2) is 0 Å². The average Bonchev–Trinajstić information content (AvgIpc) is 2.62. The van der Waals surface area contributed by atoms with Crippen LogP contribution in [0.1, 0.15) is 18.5 Å². The summed E-state index contributed by atoms with van der Waals surface area (Å²) in [4.78, 5) is 2.39. The lowest BCUT2D eigenvalue weighted by Gasteiger charge is -2.31. The predicted molar refractivity (Wildman–Crippen MR) is 45.8 cm³/mol. The Hall–Kier alpha value is -0.830. The summed E-state index contributed by atoms with van der Waals surface area (Å²) in [6, 6.07) is 2.13. The molecule has 2 heterocycles. The van der Waals surface area contributed by atoms with E-state index in [0.717, 1.165) is 6.54 Å². The monoisotopic (exact) mass is 163 g/mol. The highest BCUT2D eigenvalue weighted by Crippen LogP contribution is 2.46. The van der Waals surface area contributed by atoms with Gasteiger partial charge in [-0.2, -0.15) is 5.10 Å². The van der Waals surface area contributed by atoms with E-state index in [1.54, 1.807) is 0 Å². The lowest BCUT2D eigenvalue weighted by molar-refractivity contribution is 0.194. The van der Waals surface area contributed by atoms with E-state index in [1.807, 2.05) is 6.20 Å². The summed E-state index contributed by atoms with van der Waals surface area (Å²) in [5, 5.41) is 4.40. The standard InChI is InChI=1S/C9H13N3/c1-11-6-8-2-5-10-12(8)9(7-11)3-4-9/h2,5H,3-4,6-7H2,1H3. The Morgan fingerprint density at radius 2 is 2.33 bits per heavy atom. The number of nitrogens with zero attached hydrogens (tertiary/aromatic N) is 3. The first kappa shape index (κ1) is 6.66. The minimum atomic E-state index is 0.395. The molecule has 0 radical (unpaired) electrons. The van der Waals surface area contributed by atoms with Crippen LogP contribution in [0, 0.1) is 0 Å². The van der Waals surface area contributed by atoms with Gasteiger partial charge >= 0.3 is 0 Å². The van der Waals surface area contributed by atoms with Gasteiger partial charge in [-0.1, -0.05) is 0 Å². The molecule has 0 atom stereocenters. The van der Waals surface area contributed by atoms with Crippen LogP contribution in [-0.2, 0) is 12.1 Å². The Labute approximate surface area is 72.0 Å². The molecule has 1 aromatic heterocycles. The van der Waals surface area contributed by atoms with Gasteiger partial charge in [-0.3, -0.25) is 9.58 Å². The lowest BCUT2D eigenvalue weighted by atomic mass is 10.2. The number of rotatable bonds is 0. The highest BCUT2D eigenvalue weighted by molar-refractivity contribution is 5.14. The summed E-state index contributed by atoms with van der Waals surface area (Å²) >= 11 is 0. The number of aromatic nitrogens is 2. The van der Waals surface area contributed by atoms with Crippen molar-refractivity contribution in [1.29, 1.82) is 0 Å². The molecule has 64 valence electrons. The van der Waals surface area contributed by atoms with Crippen LogP contribution in [-0.4, -0.2) is 28.3 Å². The van der Waals surface area contributed by atoms with Gasteiger partial charge in [0.05, 0.1) is 11.2 Å². The molecular weight excluding hydrogens is 150 g/mol. The first-order valence-corrected chi connectivity index (χ1v) is 4.52. The molecule has 3 rings (SSSR count). The fraction of sp³-hybridized carbons (Fsp3) is 0.667.